The Hall–Kier alpha value is -9.60. The van der Waals surface area contributed by atoms with E-state index in [9.17, 15) is 10.1 Å². The smallest absolute Gasteiger partial charge is 0.297 e. The molecule has 0 saturated heterocycles. The quantitative estimate of drug-likeness (QED) is 0.110. The summed E-state index contributed by atoms with van der Waals surface area (Å²) in [6.07, 6.45) is 1.62. The third kappa shape index (κ3) is 8.44. The minimum absolute atomic E-state index is 0.100. The third-order valence-corrected chi connectivity index (χ3v) is 14.4. The molecule has 0 saturated carbocycles. The summed E-state index contributed by atoms with van der Waals surface area (Å²) in [4.78, 5) is 32.1. The summed E-state index contributed by atoms with van der Waals surface area (Å²) in [5.41, 5.74) is 21.9. The number of nitrogens with one attached hydrogen (secondary N) is 2. The van der Waals surface area contributed by atoms with Crippen molar-refractivity contribution in [1.29, 1.82) is 0 Å². The number of H-pyrrole nitrogens is 2. The van der Waals surface area contributed by atoms with Gasteiger partial charge in [0.05, 0.1) is 36.2 Å². The molecule has 9 nitrogen and oxygen atoms in total. The van der Waals surface area contributed by atoms with E-state index in [-0.39, 0.29) is 16.3 Å². The largest absolute Gasteiger partial charge is 0.497 e. The van der Waals surface area contributed by atoms with E-state index in [1.165, 1.54) is 0 Å². The molecular weight excluding hydrogens is 927 g/mol. The van der Waals surface area contributed by atoms with Crippen LogP contribution in [0, 0.1) is 37.8 Å². The molecule has 0 spiro atoms. The molecule has 0 aliphatic carbocycles. The number of aryl methyl sites for hydroxylation is 4. The van der Waals surface area contributed by atoms with Crippen LogP contribution in [-0.4, -0.2) is 39.1 Å². The molecule has 0 unspecified atom stereocenters. The Labute approximate surface area is 434 Å². The van der Waals surface area contributed by atoms with Crippen molar-refractivity contribution in [3.8, 4) is 101 Å². The van der Waals surface area contributed by atoms with Gasteiger partial charge in [-0.05, 0) is 133 Å². The first kappa shape index (κ1) is 46.5. The molecule has 0 fully saturated rings. The Bertz CT molecular complexity index is 4130. The van der Waals surface area contributed by atoms with E-state index in [0.29, 0.717) is 16.8 Å². The second-order valence-electron chi connectivity index (χ2n) is 19.4. The topological polar surface area (TPSA) is 119 Å². The van der Waals surface area contributed by atoms with Crippen molar-refractivity contribution in [3.05, 3.63) is 226 Å². The van der Waals surface area contributed by atoms with E-state index in [2.05, 4.69) is 151 Å². The van der Waals surface area contributed by atoms with Gasteiger partial charge in [-0.1, -0.05) is 144 Å². The molecule has 5 heterocycles. The maximum absolute atomic E-state index is 13.5. The zero-order valence-electron chi connectivity index (χ0n) is 42.4. The molecule has 12 rings (SSSR count). The maximum Gasteiger partial charge on any atom is 0.297 e. The minimum atomic E-state index is -0.320. The lowest BCUT2D eigenvalue weighted by atomic mass is 9.87. The number of benzene rings is 7. The van der Waals surface area contributed by atoms with Gasteiger partial charge in [0.15, 0.2) is 5.69 Å². The first-order valence-corrected chi connectivity index (χ1v) is 24.9. The van der Waals surface area contributed by atoms with E-state index in [1.807, 2.05) is 68.4 Å². The van der Waals surface area contributed by atoms with Crippen LogP contribution in [0.2, 0.25) is 0 Å². The molecule has 7 aromatic carbocycles. The summed E-state index contributed by atoms with van der Waals surface area (Å²) < 4.78 is 11.7. The number of ether oxygens (including phenoxy) is 2. The third-order valence-electron chi connectivity index (χ3n) is 14.4. The van der Waals surface area contributed by atoms with Gasteiger partial charge in [0.1, 0.15) is 11.5 Å². The molecule has 2 N–H and O–H groups in total. The Balaban J connectivity index is 1.33. The fraction of sp³-hybridized carbons (Fsp3) is 0.0909. The van der Waals surface area contributed by atoms with E-state index >= 15 is 0 Å². The first-order chi connectivity index (χ1) is 36.5. The van der Waals surface area contributed by atoms with Crippen molar-refractivity contribution in [1.82, 2.24) is 19.9 Å². The van der Waals surface area contributed by atoms with E-state index < -0.39 is 0 Å². The molecule has 8 bridgehead atoms. The highest BCUT2D eigenvalue weighted by atomic mass is 16.6. The van der Waals surface area contributed by atoms with Crippen LogP contribution in [0.1, 0.15) is 33.6 Å². The normalized spacial score (nSPS) is 11.8. The number of hydrogen-bond donors (Lipinski definition) is 2. The zero-order valence-corrected chi connectivity index (χ0v) is 42.4. The van der Waals surface area contributed by atoms with Gasteiger partial charge in [0, 0.05) is 61.5 Å². The number of hydrogen-bond acceptors (Lipinski definition) is 6. The average Bonchev–Trinajstić information content (AvgIpc) is 4.27. The molecule has 75 heavy (non-hydrogen) atoms. The monoisotopic (exact) mass is 977 g/mol. The summed E-state index contributed by atoms with van der Waals surface area (Å²) in [5, 5.41) is 13.5. The van der Waals surface area contributed by atoms with Gasteiger partial charge >= 0.3 is 0 Å². The summed E-state index contributed by atoms with van der Waals surface area (Å²) in [5.74, 6) is 1.48. The zero-order chi connectivity index (χ0) is 51.5. The SMILES string of the molecule is COc1cccc(-c2cc3c(cc2-c2cccc(OC)c2)-c2nc-3c(-c3ccc(C)cc3)c3ccc([nH]3)c(-c3ccc(C)cc3)c3nc(c(-c4ccc(C)cc4)c4ccc([nH]4)c2-c2ccc(C)cc2)C([N+](=O)[O-])=C3)c1. The molecule has 0 radical (unpaired) electrons. The van der Waals surface area contributed by atoms with Crippen molar-refractivity contribution in [3.63, 3.8) is 0 Å². The number of rotatable bonds is 9. The highest BCUT2D eigenvalue weighted by molar-refractivity contribution is 6.08. The maximum atomic E-state index is 13.5. The van der Waals surface area contributed by atoms with Crippen LogP contribution in [0.15, 0.2) is 182 Å². The second kappa shape index (κ2) is 18.8. The van der Waals surface area contributed by atoms with Gasteiger partial charge in [-0.2, -0.15) is 0 Å². The number of fused-ring (bicyclic) bond motifs is 11. The van der Waals surface area contributed by atoms with Gasteiger partial charge in [-0.25, -0.2) is 9.97 Å². The predicted octanol–water partition coefficient (Wildman–Crippen LogP) is 16.7. The van der Waals surface area contributed by atoms with E-state index in [1.54, 1.807) is 20.3 Å². The fourth-order valence-corrected chi connectivity index (χ4v) is 10.5. The molecule has 3 aromatic heterocycles. The number of nitro groups is 1. The molecular formula is C66H51N5O4. The second-order valence-corrected chi connectivity index (χ2v) is 19.4. The fourth-order valence-electron chi connectivity index (χ4n) is 10.5. The van der Waals surface area contributed by atoms with Crippen LogP contribution in [0.25, 0.3) is 123 Å². The number of aromatic amines is 2. The lowest BCUT2D eigenvalue weighted by molar-refractivity contribution is -0.374. The van der Waals surface area contributed by atoms with Crippen molar-refractivity contribution in [2.45, 2.75) is 27.7 Å². The van der Waals surface area contributed by atoms with Crippen molar-refractivity contribution in [2.24, 2.45) is 0 Å². The van der Waals surface area contributed by atoms with Crippen LogP contribution < -0.4 is 9.47 Å². The Morgan fingerprint density at radius 1 is 0.400 bits per heavy atom. The van der Waals surface area contributed by atoms with Crippen LogP contribution >= 0.6 is 0 Å². The van der Waals surface area contributed by atoms with Crippen molar-refractivity contribution >= 4 is 33.8 Å². The summed E-state index contributed by atoms with van der Waals surface area (Å²) in [7, 11) is 3.38. The van der Waals surface area contributed by atoms with E-state index in [0.717, 1.165) is 134 Å². The van der Waals surface area contributed by atoms with Gasteiger partial charge < -0.3 is 19.4 Å². The number of aromatic nitrogens is 4. The predicted molar refractivity (Wildman–Crippen MR) is 305 cm³/mol. The number of nitrogens with zero attached hydrogens (tertiary/aromatic N) is 3. The van der Waals surface area contributed by atoms with E-state index in [4.69, 9.17) is 19.4 Å². The first-order valence-electron chi connectivity index (χ1n) is 24.9. The Morgan fingerprint density at radius 3 is 1.13 bits per heavy atom. The lowest BCUT2D eigenvalue weighted by Crippen LogP contribution is -1.98. The molecule has 364 valence electrons. The van der Waals surface area contributed by atoms with Gasteiger partial charge in [0.2, 0.25) is 0 Å². The van der Waals surface area contributed by atoms with Crippen molar-refractivity contribution in [2.75, 3.05) is 14.2 Å². The van der Waals surface area contributed by atoms with Crippen LogP contribution in [0.4, 0.5) is 0 Å². The van der Waals surface area contributed by atoms with Crippen LogP contribution in [-0.2, 0) is 0 Å². The Morgan fingerprint density at radius 2 is 0.760 bits per heavy atom. The summed E-state index contributed by atoms with van der Waals surface area (Å²) in [6.45, 7) is 8.26. The minimum Gasteiger partial charge on any atom is -0.497 e. The molecule has 0 amide bonds. The Kier molecular flexibility index (Phi) is 11.6. The molecule has 10 aromatic rings. The van der Waals surface area contributed by atoms with Gasteiger partial charge in [-0.15, -0.1) is 0 Å². The lowest BCUT2D eigenvalue weighted by Gasteiger charge is -2.16. The molecule has 2 aliphatic rings. The number of methoxy groups -OCH3 is 2. The van der Waals surface area contributed by atoms with Crippen molar-refractivity contribution < 1.29 is 14.4 Å². The highest BCUT2D eigenvalue weighted by Gasteiger charge is 2.31. The summed E-state index contributed by atoms with van der Waals surface area (Å²) >= 11 is 0. The van der Waals surface area contributed by atoms with Crippen LogP contribution in [0.3, 0.4) is 0 Å². The van der Waals surface area contributed by atoms with Crippen LogP contribution in [0.5, 0.6) is 11.5 Å². The average molecular weight is 978 g/mol. The standard InChI is InChI=1S/C66H51N5O4/c1-38-13-21-42(22-14-38)60-54-29-30-55(67-54)61(43-23-15-39(2)16-24-43)64-52-35-50(46-9-7-11-48(33-46)74-5)51(47-10-8-12-49(34-47)75-6)36-53(52)65(70-64)62(44-25-17-40(3)18-26-44)56-31-32-57(68-56)63(45-27-19-41(4)20-28-45)66-59(71(72)73)37-58(60)69-66/h7-37,67-68H,1-6H3. The molecule has 0 atom stereocenters. The molecule has 9 heteroatoms. The van der Waals surface area contributed by atoms with Gasteiger partial charge in [-0.3, -0.25) is 10.1 Å². The summed E-state index contributed by atoms with van der Waals surface area (Å²) in [6, 6.07) is 62.5. The highest BCUT2D eigenvalue weighted by Crippen LogP contribution is 2.51. The van der Waals surface area contributed by atoms with Gasteiger partial charge in [0.25, 0.3) is 5.70 Å². The molecule has 2 aliphatic heterocycles.